The number of ketones is 1. The van der Waals surface area contributed by atoms with Gasteiger partial charge in [-0.15, -0.1) is 0 Å². The molecule has 0 aliphatic heterocycles. The van der Waals surface area contributed by atoms with Gasteiger partial charge in [0.2, 0.25) is 5.88 Å². The Labute approximate surface area is 136 Å². The van der Waals surface area contributed by atoms with Crippen LogP contribution in [0.15, 0.2) is 39.4 Å². The minimum atomic E-state index is -0.506. The third-order valence-corrected chi connectivity index (χ3v) is 3.72. The van der Waals surface area contributed by atoms with Crippen LogP contribution in [0.1, 0.15) is 17.3 Å². The molecular formula is C13H8Br2N2O4. The summed E-state index contributed by atoms with van der Waals surface area (Å²) in [4.78, 5) is 25.6. The van der Waals surface area contributed by atoms with E-state index in [1.807, 2.05) is 0 Å². The molecule has 2 rings (SSSR count). The molecule has 0 radical (unpaired) electrons. The number of rotatable bonds is 4. The Morgan fingerprint density at radius 1 is 1.29 bits per heavy atom. The number of aromatic nitrogens is 1. The predicted octanol–water partition coefficient (Wildman–Crippen LogP) is 4.51. The third kappa shape index (κ3) is 3.64. The fourth-order valence-electron chi connectivity index (χ4n) is 1.54. The first-order valence-corrected chi connectivity index (χ1v) is 7.25. The van der Waals surface area contributed by atoms with Crippen molar-refractivity contribution >= 4 is 43.3 Å². The smallest absolute Gasteiger partial charge is 0.271 e. The van der Waals surface area contributed by atoms with Crippen molar-refractivity contribution in [2.75, 3.05) is 0 Å². The van der Waals surface area contributed by atoms with Gasteiger partial charge in [-0.05, 0) is 44.8 Å². The van der Waals surface area contributed by atoms with Gasteiger partial charge >= 0.3 is 0 Å². The van der Waals surface area contributed by atoms with Crippen molar-refractivity contribution in [2.45, 2.75) is 6.92 Å². The molecule has 2 aromatic rings. The zero-order chi connectivity index (χ0) is 15.6. The lowest BCUT2D eigenvalue weighted by Gasteiger charge is -2.09. The van der Waals surface area contributed by atoms with Gasteiger partial charge in [0, 0.05) is 30.0 Å². The van der Waals surface area contributed by atoms with Gasteiger partial charge in [-0.2, -0.15) is 0 Å². The van der Waals surface area contributed by atoms with Gasteiger partial charge in [0.25, 0.3) is 5.69 Å². The molecule has 0 unspecified atom stereocenters. The number of ether oxygens (including phenoxy) is 1. The van der Waals surface area contributed by atoms with E-state index >= 15 is 0 Å². The third-order valence-electron chi connectivity index (χ3n) is 2.54. The SMILES string of the molecule is CC(=O)c1ccnc(Oc2c(Br)cc([N+](=O)[O-])cc2Br)c1. The van der Waals surface area contributed by atoms with Crippen LogP contribution in [0.2, 0.25) is 0 Å². The Kier molecular flexibility index (Phi) is 4.69. The number of nitro groups is 1. The maximum atomic E-state index is 11.3. The van der Waals surface area contributed by atoms with Crippen LogP contribution in [0.5, 0.6) is 11.6 Å². The average molecular weight is 416 g/mol. The van der Waals surface area contributed by atoms with Gasteiger partial charge in [-0.3, -0.25) is 14.9 Å². The van der Waals surface area contributed by atoms with Gasteiger partial charge in [-0.25, -0.2) is 4.98 Å². The van der Waals surface area contributed by atoms with Crippen LogP contribution >= 0.6 is 31.9 Å². The highest BCUT2D eigenvalue weighted by molar-refractivity contribution is 9.11. The number of hydrogen-bond acceptors (Lipinski definition) is 5. The monoisotopic (exact) mass is 414 g/mol. The largest absolute Gasteiger partial charge is 0.437 e. The maximum Gasteiger partial charge on any atom is 0.271 e. The molecule has 0 spiro atoms. The summed E-state index contributed by atoms with van der Waals surface area (Å²) < 4.78 is 6.39. The van der Waals surface area contributed by atoms with Crippen molar-refractivity contribution in [2.24, 2.45) is 0 Å². The number of hydrogen-bond donors (Lipinski definition) is 0. The Morgan fingerprint density at radius 3 is 2.43 bits per heavy atom. The number of Topliss-reactive ketones (excluding diaryl/α,β-unsaturated/α-hetero) is 1. The van der Waals surface area contributed by atoms with E-state index in [0.29, 0.717) is 20.3 Å². The summed E-state index contributed by atoms with van der Waals surface area (Å²) in [5, 5.41) is 10.8. The van der Waals surface area contributed by atoms with Gasteiger partial charge < -0.3 is 4.74 Å². The molecule has 0 saturated carbocycles. The second-order valence-corrected chi connectivity index (χ2v) is 5.75. The molecule has 0 aliphatic carbocycles. The van der Waals surface area contributed by atoms with Crippen LogP contribution in [-0.2, 0) is 0 Å². The van der Waals surface area contributed by atoms with E-state index in [1.54, 1.807) is 6.07 Å². The lowest BCUT2D eigenvalue weighted by molar-refractivity contribution is -0.385. The summed E-state index contributed by atoms with van der Waals surface area (Å²) in [6.45, 7) is 1.44. The van der Waals surface area contributed by atoms with E-state index < -0.39 is 4.92 Å². The standard InChI is InChI=1S/C13H8Br2N2O4/c1-7(18)8-2-3-16-12(4-8)21-13-10(14)5-9(17(19)20)6-11(13)15/h2-6H,1H3. The molecular weight excluding hydrogens is 408 g/mol. The molecule has 0 saturated heterocycles. The molecule has 21 heavy (non-hydrogen) atoms. The predicted molar refractivity (Wildman–Crippen MR) is 82.8 cm³/mol. The number of pyridine rings is 1. The van der Waals surface area contributed by atoms with E-state index in [2.05, 4.69) is 36.8 Å². The van der Waals surface area contributed by atoms with E-state index in [4.69, 9.17) is 4.74 Å². The van der Waals surface area contributed by atoms with Crippen LogP contribution in [-0.4, -0.2) is 15.7 Å². The van der Waals surface area contributed by atoms with Gasteiger partial charge in [0.15, 0.2) is 11.5 Å². The fraction of sp³-hybridized carbons (Fsp3) is 0.0769. The molecule has 1 heterocycles. The lowest BCUT2D eigenvalue weighted by Crippen LogP contribution is -1.96. The second kappa shape index (κ2) is 6.31. The van der Waals surface area contributed by atoms with E-state index in [0.717, 1.165) is 0 Å². The van der Waals surface area contributed by atoms with Gasteiger partial charge in [0.1, 0.15) is 0 Å². The quantitative estimate of drug-likeness (QED) is 0.416. The van der Waals surface area contributed by atoms with E-state index in [1.165, 1.54) is 31.3 Å². The lowest BCUT2D eigenvalue weighted by atomic mass is 10.2. The molecule has 0 amide bonds. The van der Waals surface area contributed by atoms with Crippen molar-refractivity contribution in [3.05, 3.63) is 55.1 Å². The summed E-state index contributed by atoms with van der Waals surface area (Å²) in [5.41, 5.74) is 0.390. The van der Waals surface area contributed by atoms with Crippen LogP contribution in [0, 0.1) is 10.1 Å². The van der Waals surface area contributed by atoms with Gasteiger partial charge in [-0.1, -0.05) is 0 Å². The highest BCUT2D eigenvalue weighted by Crippen LogP contribution is 2.39. The minimum Gasteiger partial charge on any atom is -0.437 e. The number of carbonyl (C=O) groups excluding carboxylic acids is 1. The Hall–Kier alpha value is -1.80. The zero-order valence-corrected chi connectivity index (χ0v) is 13.8. The molecule has 1 aromatic heterocycles. The van der Waals surface area contributed by atoms with Gasteiger partial charge in [0.05, 0.1) is 13.9 Å². The normalized spacial score (nSPS) is 10.2. The first-order chi connectivity index (χ1) is 9.88. The first kappa shape index (κ1) is 15.6. The molecule has 1 aromatic carbocycles. The Bertz CT molecular complexity index is 711. The number of halogens is 2. The molecule has 6 nitrogen and oxygen atoms in total. The van der Waals surface area contributed by atoms with Crippen molar-refractivity contribution in [1.29, 1.82) is 0 Å². The van der Waals surface area contributed by atoms with Crippen molar-refractivity contribution < 1.29 is 14.5 Å². The minimum absolute atomic E-state index is 0.0773. The zero-order valence-electron chi connectivity index (χ0n) is 10.7. The van der Waals surface area contributed by atoms with Crippen molar-refractivity contribution in [1.82, 2.24) is 4.98 Å². The topological polar surface area (TPSA) is 82.3 Å². The van der Waals surface area contributed by atoms with Crippen molar-refractivity contribution in [3.8, 4) is 11.6 Å². The fourth-order valence-corrected chi connectivity index (χ4v) is 2.86. The Balaban J connectivity index is 2.38. The first-order valence-electron chi connectivity index (χ1n) is 5.66. The number of carbonyl (C=O) groups is 1. The molecule has 8 heteroatoms. The number of benzene rings is 1. The van der Waals surface area contributed by atoms with E-state index in [9.17, 15) is 14.9 Å². The highest BCUT2D eigenvalue weighted by atomic mass is 79.9. The Morgan fingerprint density at radius 2 is 1.90 bits per heavy atom. The molecule has 108 valence electrons. The molecule has 0 bridgehead atoms. The van der Waals surface area contributed by atoms with Crippen LogP contribution in [0.3, 0.4) is 0 Å². The van der Waals surface area contributed by atoms with E-state index in [-0.39, 0.29) is 17.4 Å². The highest BCUT2D eigenvalue weighted by Gasteiger charge is 2.16. The summed E-state index contributed by atoms with van der Waals surface area (Å²) >= 11 is 6.43. The molecule has 0 fully saturated rings. The number of nitro benzene ring substituents is 1. The summed E-state index contributed by atoms with van der Waals surface area (Å²) in [5.74, 6) is 0.454. The van der Waals surface area contributed by atoms with Crippen LogP contribution in [0.25, 0.3) is 0 Å². The van der Waals surface area contributed by atoms with Crippen molar-refractivity contribution in [3.63, 3.8) is 0 Å². The molecule has 0 atom stereocenters. The summed E-state index contributed by atoms with van der Waals surface area (Å²) in [7, 11) is 0. The average Bonchev–Trinajstić information content (AvgIpc) is 2.42. The molecule has 0 aliphatic rings. The van der Waals surface area contributed by atoms with Crippen LogP contribution in [0.4, 0.5) is 5.69 Å². The maximum absolute atomic E-state index is 11.3. The van der Waals surface area contributed by atoms with Crippen LogP contribution < -0.4 is 4.74 Å². The molecule has 0 N–H and O–H groups in total. The number of non-ortho nitro benzene ring substituents is 1. The number of nitrogens with zero attached hydrogens (tertiary/aromatic N) is 2. The second-order valence-electron chi connectivity index (χ2n) is 4.04. The summed E-state index contributed by atoms with van der Waals surface area (Å²) in [6.07, 6.45) is 1.46. The summed E-state index contributed by atoms with van der Waals surface area (Å²) in [6, 6.07) is 5.74.